The summed E-state index contributed by atoms with van der Waals surface area (Å²) in [5, 5.41) is 3.54. The van der Waals surface area contributed by atoms with Crippen LogP contribution in [0.25, 0.3) is 0 Å². The van der Waals surface area contributed by atoms with Crippen molar-refractivity contribution in [2.45, 2.75) is 26.2 Å². The van der Waals surface area contributed by atoms with Crippen LogP contribution in [0.4, 0.5) is 5.69 Å². The molecule has 0 radical (unpaired) electrons. The molecule has 0 heterocycles. The van der Waals surface area contributed by atoms with Crippen LogP contribution in [-0.2, 0) is 4.79 Å². The van der Waals surface area contributed by atoms with Gasteiger partial charge in [-0.25, -0.2) is 0 Å². The van der Waals surface area contributed by atoms with Gasteiger partial charge in [-0.1, -0.05) is 24.9 Å². The van der Waals surface area contributed by atoms with Gasteiger partial charge in [0.2, 0.25) is 5.91 Å². The normalized spacial score (nSPS) is 23.7. The second-order valence-electron chi connectivity index (χ2n) is 4.63. The first kappa shape index (κ1) is 13.1. The molecule has 0 saturated heterocycles. The summed E-state index contributed by atoms with van der Waals surface area (Å²) in [6, 6.07) is 5.66. The monoisotopic (exact) mass is 363 g/mol. The fourth-order valence-corrected chi connectivity index (χ4v) is 3.25. The highest BCUT2D eigenvalue weighted by Crippen LogP contribution is 2.33. The van der Waals surface area contributed by atoms with E-state index in [1.165, 1.54) is 0 Å². The molecule has 0 bridgehead atoms. The number of benzene rings is 1. The molecule has 2 rings (SSSR count). The Balaban J connectivity index is 2.07. The molecule has 17 heavy (non-hydrogen) atoms. The fraction of sp³-hybridized carbons (Fsp3) is 0.462. The molecular weight excluding hydrogens is 349 g/mol. The van der Waals surface area contributed by atoms with Crippen molar-refractivity contribution in [3.63, 3.8) is 0 Å². The lowest BCUT2D eigenvalue weighted by atomic mass is 9.97. The van der Waals surface area contributed by atoms with Gasteiger partial charge in [0.05, 0.1) is 10.7 Å². The van der Waals surface area contributed by atoms with Crippen molar-refractivity contribution in [2.24, 2.45) is 11.8 Å². The Morgan fingerprint density at radius 2 is 2.24 bits per heavy atom. The van der Waals surface area contributed by atoms with Crippen LogP contribution in [0.15, 0.2) is 18.2 Å². The van der Waals surface area contributed by atoms with Gasteiger partial charge in [-0.05, 0) is 59.5 Å². The molecule has 1 fully saturated rings. The van der Waals surface area contributed by atoms with E-state index in [1.807, 2.05) is 18.2 Å². The van der Waals surface area contributed by atoms with E-state index in [0.717, 1.165) is 28.5 Å². The molecule has 1 aromatic rings. The molecule has 1 amide bonds. The third-order valence-corrected chi connectivity index (χ3v) is 4.37. The number of amides is 1. The predicted molar refractivity (Wildman–Crippen MR) is 79.3 cm³/mol. The van der Waals surface area contributed by atoms with Gasteiger partial charge >= 0.3 is 0 Å². The fourth-order valence-electron chi connectivity index (χ4n) is 2.35. The zero-order valence-electron chi connectivity index (χ0n) is 9.67. The first-order valence-electron chi connectivity index (χ1n) is 5.84. The molecule has 4 heteroatoms. The van der Waals surface area contributed by atoms with Crippen molar-refractivity contribution >= 4 is 45.8 Å². The molecular formula is C13H15ClINO. The minimum absolute atomic E-state index is 0.109. The number of carbonyl (C=O) groups is 1. The molecule has 0 spiro atoms. The highest BCUT2D eigenvalue weighted by molar-refractivity contribution is 14.1. The van der Waals surface area contributed by atoms with Gasteiger partial charge in [0, 0.05) is 9.49 Å². The number of halogens is 2. The maximum atomic E-state index is 12.1. The van der Waals surface area contributed by atoms with E-state index in [-0.39, 0.29) is 11.8 Å². The molecule has 1 saturated carbocycles. The smallest absolute Gasteiger partial charge is 0.227 e. The lowest BCUT2D eigenvalue weighted by Gasteiger charge is -2.15. The average molecular weight is 364 g/mol. The van der Waals surface area contributed by atoms with E-state index in [2.05, 4.69) is 34.8 Å². The van der Waals surface area contributed by atoms with Gasteiger partial charge in [-0.15, -0.1) is 0 Å². The maximum Gasteiger partial charge on any atom is 0.227 e. The van der Waals surface area contributed by atoms with Gasteiger partial charge in [0.1, 0.15) is 0 Å². The van der Waals surface area contributed by atoms with E-state index < -0.39 is 0 Å². The summed E-state index contributed by atoms with van der Waals surface area (Å²) in [6.07, 6.45) is 3.30. The van der Waals surface area contributed by atoms with Crippen LogP contribution in [0.3, 0.4) is 0 Å². The van der Waals surface area contributed by atoms with Crippen LogP contribution in [0.2, 0.25) is 5.02 Å². The summed E-state index contributed by atoms with van der Waals surface area (Å²) in [5.41, 5.74) is 0.719. The van der Waals surface area contributed by atoms with Crippen LogP contribution in [-0.4, -0.2) is 5.91 Å². The van der Waals surface area contributed by atoms with Crippen LogP contribution in [0, 0.1) is 15.4 Å². The molecule has 0 aliphatic heterocycles. The van der Waals surface area contributed by atoms with Crippen LogP contribution in [0.1, 0.15) is 26.2 Å². The third kappa shape index (κ3) is 3.13. The van der Waals surface area contributed by atoms with Gasteiger partial charge in [-0.2, -0.15) is 0 Å². The van der Waals surface area contributed by atoms with Crippen molar-refractivity contribution in [1.82, 2.24) is 0 Å². The molecule has 2 unspecified atom stereocenters. The van der Waals surface area contributed by atoms with E-state index >= 15 is 0 Å². The molecule has 2 atom stereocenters. The first-order chi connectivity index (χ1) is 8.08. The maximum absolute atomic E-state index is 12.1. The Kier molecular flexibility index (Phi) is 4.31. The zero-order valence-corrected chi connectivity index (χ0v) is 12.6. The zero-order chi connectivity index (χ0) is 12.4. The Labute approximate surface area is 120 Å². The highest BCUT2D eigenvalue weighted by Gasteiger charge is 2.29. The van der Waals surface area contributed by atoms with E-state index in [0.29, 0.717) is 10.9 Å². The lowest BCUT2D eigenvalue weighted by molar-refractivity contribution is -0.120. The summed E-state index contributed by atoms with van der Waals surface area (Å²) in [7, 11) is 0. The molecule has 92 valence electrons. The van der Waals surface area contributed by atoms with Crippen LogP contribution in [0.5, 0.6) is 0 Å². The summed E-state index contributed by atoms with van der Waals surface area (Å²) in [5.74, 6) is 0.737. The van der Waals surface area contributed by atoms with E-state index in [1.54, 1.807) is 0 Å². The Hall–Kier alpha value is -0.290. The van der Waals surface area contributed by atoms with Crippen molar-refractivity contribution in [2.75, 3.05) is 5.32 Å². The summed E-state index contributed by atoms with van der Waals surface area (Å²) in [6.45, 7) is 2.15. The first-order valence-corrected chi connectivity index (χ1v) is 7.29. The summed E-state index contributed by atoms with van der Waals surface area (Å²) in [4.78, 5) is 12.1. The largest absolute Gasteiger partial charge is 0.325 e. The average Bonchev–Trinajstić information content (AvgIpc) is 2.68. The number of carbonyl (C=O) groups excluding carboxylic acids is 1. The number of hydrogen-bond donors (Lipinski definition) is 1. The van der Waals surface area contributed by atoms with Gasteiger partial charge in [0.25, 0.3) is 0 Å². The minimum atomic E-state index is 0.109. The van der Waals surface area contributed by atoms with E-state index in [9.17, 15) is 4.79 Å². The molecule has 2 nitrogen and oxygen atoms in total. The number of hydrogen-bond acceptors (Lipinski definition) is 1. The Morgan fingerprint density at radius 1 is 1.47 bits per heavy atom. The lowest BCUT2D eigenvalue weighted by Crippen LogP contribution is -2.24. The van der Waals surface area contributed by atoms with Gasteiger partial charge < -0.3 is 5.32 Å². The van der Waals surface area contributed by atoms with Crippen LogP contribution < -0.4 is 5.32 Å². The quantitative estimate of drug-likeness (QED) is 0.779. The summed E-state index contributed by atoms with van der Waals surface area (Å²) >= 11 is 8.30. The minimum Gasteiger partial charge on any atom is -0.325 e. The Morgan fingerprint density at radius 3 is 2.82 bits per heavy atom. The third-order valence-electron chi connectivity index (χ3n) is 3.39. The van der Waals surface area contributed by atoms with Gasteiger partial charge in [-0.3, -0.25) is 4.79 Å². The van der Waals surface area contributed by atoms with Crippen molar-refractivity contribution < 1.29 is 4.79 Å². The van der Waals surface area contributed by atoms with Crippen molar-refractivity contribution in [1.29, 1.82) is 0 Å². The predicted octanol–water partition coefficient (Wildman–Crippen LogP) is 4.32. The van der Waals surface area contributed by atoms with Crippen LogP contribution >= 0.6 is 34.2 Å². The molecule has 1 aliphatic rings. The van der Waals surface area contributed by atoms with Gasteiger partial charge in [0.15, 0.2) is 0 Å². The molecule has 1 aromatic carbocycles. The van der Waals surface area contributed by atoms with Crippen molar-refractivity contribution in [3.8, 4) is 0 Å². The molecule has 1 N–H and O–H groups in total. The Bertz CT molecular complexity index is 435. The second-order valence-corrected chi connectivity index (χ2v) is 6.28. The number of nitrogens with one attached hydrogen (secondary N) is 1. The number of anilines is 1. The topological polar surface area (TPSA) is 29.1 Å². The highest BCUT2D eigenvalue weighted by atomic mass is 127. The second kappa shape index (κ2) is 5.57. The van der Waals surface area contributed by atoms with Crippen molar-refractivity contribution in [3.05, 3.63) is 26.8 Å². The number of rotatable bonds is 2. The summed E-state index contributed by atoms with van der Waals surface area (Å²) < 4.78 is 1.07. The molecule has 1 aliphatic carbocycles. The standard InChI is InChI=1S/C13H15ClINO/c1-8-3-2-4-10(8)13(17)16-12-6-5-9(15)7-11(12)14/h5-8,10H,2-4H2,1H3,(H,16,17). The van der Waals surface area contributed by atoms with E-state index in [4.69, 9.17) is 11.6 Å². The molecule has 0 aromatic heterocycles. The SMILES string of the molecule is CC1CCCC1C(=O)Nc1ccc(I)cc1Cl.